The quantitative estimate of drug-likeness (QED) is 0.865. The van der Waals surface area contributed by atoms with E-state index in [9.17, 15) is 4.39 Å². The molecule has 0 spiro atoms. The summed E-state index contributed by atoms with van der Waals surface area (Å²) in [5.41, 5.74) is 1.86. The number of rotatable bonds is 5. The Morgan fingerprint density at radius 2 is 2.11 bits per heavy atom. The molecule has 0 aliphatic carbocycles. The fraction of sp³-hybridized carbons (Fsp3) is 0.467. The van der Waals surface area contributed by atoms with E-state index in [1.54, 1.807) is 6.07 Å². The molecule has 0 saturated carbocycles. The summed E-state index contributed by atoms with van der Waals surface area (Å²) < 4.78 is 20.2. The van der Waals surface area contributed by atoms with Crippen molar-refractivity contribution >= 4 is 26.9 Å². The van der Waals surface area contributed by atoms with Crippen LogP contribution in [0, 0.1) is 11.7 Å². The van der Waals surface area contributed by atoms with E-state index in [-0.39, 0.29) is 5.82 Å². The third-order valence-corrected chi connectivity index (χ3v) is 3.63. The van der Waals surface area contributed by atoms with Gasteiger partial charge < -0.3 is 9.73 Å². The van der Waals surface area contributed by atoms with E-state index in [1.807, 2.05) is 0 Å². The van der Waals surface area contributed by atoms with Gasteiger partial charge in [-0.05, 0) is 46.9 Å². The number of hydrogen-bond donors (Lipinski definition) is 1. The molecule has 2 nitrogen and oxygen atoms in total. The first kappa shape index (κ1) is 14.5. The summed E-state index contributed by atoms with van der Waals surface area (Å²) in [6, 6.07) is 3.01. The minimum atomic E-state index is -0.236. The van der Waals surface area contributed by atoms with Crippen LogP contribution in [0.1, 0.15) is 32.1 Å². The third-order valence-electron chi connectivity index (χ3n) is 3.04. The molecule has 1 aromatic heterocycles. The van der Waals surface area contributed by atoms with E-state index >= 15 is 0 Å². The molecule has 0 unspecified atom stereocenters. The fourth-order valence-electron chi connectivity index (χ4n) is 2.24. The Hall–Kier alpha value is -0.870. The molecule has 1 aromatic carbocycles. The molecule has 0 saturated heterocycles. The molecule has 104 valence electrons. The Morgan fingerprint density at radius 1 is 1.37 bits per heavy atom. The second kappa shape index (κ2) is 6.06. The largest absolute Gasteiger partial charge is 0.458 e. The van der Waals surface area contributed by atoms with Crippen molar-refractivity contribution in [2.75, 3.05) is 6.54 Å². The van der Waals surface area contributed by atoms with Crippen LogP contribution in [0.5, 0.6) is 0 Å². The lowest BCUT2D eigenvalue weighted by molar-refractivity contribution is 0.505. The third kappa shape index (κ3) is 3.18. The number of halogens is 2. The minimum absolute atomic E-state index is 0.236. The number of fused-ring (bicyclic) bond motifs is 1. The van der Waals surface area contributed by atoms with E-state index in [0.717, 1.165) is 35.3 Å². The Morgan fingerprint density at radius 3 is 2.74 bits per heavy atom. The van der Waals surface area contributed by atoms with Gasteiger partial charge in [0, 0.05) is 10.9 Å². The van der Waals surface area contributed by atoms with Crippen molar-refractivity contribution in [1.82, 2.24) is 5.32 Å². The molecule has 0 fully saturated rings. The first-order chi connectivity index (χ1) is 9.02. The zero-order valence-corrected chi connectivity index (χ0v) is 13.1. The minimum Gasteiger partial charge on any atom is -0.458 e. The first-order valence-electron chi connectivity index (χ1n) is 6.63. The first-order valence-corrected chi connectivity index (χ1v) is 7.42. The number of benzene rings is 1. The van der Waals surface area contributed by atoms with Crippen LogP contribution in [-0.2, 0) is 13.0 Å². The molecule has 4 heteroatoms. The maximum absolute atomic E-state index is 13.6. The smallest absolute Gasteiger partial charge is 0.149 e. The molecular formula is C15H19BrFNO. The van der Waals surface area contributed by atoms with Gasteiger partial charge in [-0.25, -0.2) is 4.39 Å². The standard InChI is InChI=1S/C15H19BrFNO/c1-4-18-8-14-11(5-9(2)3)12-6-10(17)7-13(16)15(12)19-14/h6-7,9,18H,4-5,8H2,1-3H3. The molecule has 19 heavy (non-hydrogen) atoms. The van der Waals surface area contributed by atoms with Crippen LogP contribution in [0.4, 0.5) is 4.39 Å². The maximum Gasteiger partial charge on any atom is 0.149 e. The van der Waals surface area contributed by atoms with E-state index in [1.165, 1.54) is 6.07 Å². The summed E-state index contributed by atoms with van der Waals surface area (Å²) in [6.07, 6.45) is 0.892. The van der Waals surface area contributed by atoms with E-state index in [2.05, 4.69) is 42.0 Å². The molecule has 1 N–H and O–H groups in total. The molecule has 0 amide bonds. The number of hydrogen-bond acceptors (Lipinski definition) is 2. The highest BCUT2D eigenvalue weighted by molar-refractivity contribution is 9.10. The summed E-state index contributed by atoms with van der Waals surface area (Å²) in [7, 11) is 0. The van der Waals surface area contributed by atoms with Gasteiger partial charge in [0.05, 0.1) is 11.0 Å². The predicted octanol–water partition coefficient (Wildman–Crippen LogP) is 4.64. The topological polar surface area (TPSA) is 25.2 Å². The van der Waals surface area contributed by atoms with Gasteiger partial charge in [0.15, 0.2) is 0 Å². The number of nitrogens with one attached hydrogen (secondary N) is 1. The van der Waals surface area contributed by atoms with Crippen LogP contribution in [0.3, 0.4) is 0 Å². The van der Waals surface area contributed by atoms with Gasteiger partial charge in [0.2, 0.25) is 0 Å². The normalized spacial score (nSPS) is 11.7. The molecule has 0 aliphatic heterocycles. The van der Waals surface area contributed by atoms with Crippen LogP contribution in [0.25, 0.3) is 11.0 Å². The van der Waals surface area contributed by atoms with E-state index in [4.69, 9.17) is 4.42 Å². The zero-order valence-electron chi connectivity index (χ0n) is 11.5. The van der Waals surface area contributed by atoms with Gasteiger partial charge in [0.1, 0.15) is 17.2 Å². The monoisotopic (exact) mass is 327 g/mol. The van der Waals surface area contributed by atoms with Crippen molar-refractivity contribution in [3.63, 3.8) is 0 Å². The number of furan rings is 1. The average molecular weight is 328 g/mol. The van der Waals surface area contributed by atoms with Crippen molar-refractivity contribution in [1.29, 1.82) is 0 Å². The SMILES string of the molecule is CCNCc1oc2c(Br)cc(F)cc2c1CC(C)C. The van der Waals surface area contributed by atoms with Gasteiger partial charge in [0.25, 0.3) is 0 Å². The van der Waals surface area contributed by atoms with E-state index < -0.39 is 0 Å². The van der Waals surface area contributed by atoms with Crippen LogP contribution >= 0.6 is 15.9 Å². The van der Waals surface area contributed by atoms with Crippen molar-refractivity contribution < 1.29 is 8.81 Å². The fourth-order valence-corrected chi connectivity index (χ4v) is 2.75. The highest BCUT2D eigenvalue weighted by Crippen LogP contribution is 2.33. The second-order valence-electron chi connectivity index (χ2n) is 5.15. The maximum atomic E-state index is 13.6. The van der Waals surface area contributed by atoms with Crippen LogP contribution in [0.15, 0.2) is 21.0 Å². The summed E-state index contributed by atoms with van der Waals surface area (Å²) >= 11 is 3.38. The lowest BCUT2D eigenvalue weighted by atomic mass is 9.99. The predicted molar refractivity (Wildman–Crippen MR) is 79.8 cm³/mol. The molecule has 2 aromatic rings. The molecule has 1 heterocycles. The zero-order chi connectivity index (χ0) is 14.0. The van der Waals surface area contributed by atoms with Gasteiger partial charge in [-0.3, -0.25) is 0 Å². The second-order valence-corrected chi connectivity index (χ2v) is 6.00. The highest BCUT2D eigenvalue weighted by atomic mass is 79.9. The molecule has 2 rings (SSSR count). The Kier molecular flexibility index (Phi) is 4.63. The van der Waals surface area contributed by atoms with Crippen LogP contribution in [0.2, 0.25) is 0 Å². The average Bonchev–Trinajstić information content (AvgIpc) is 2.65. The lowest BCUT2D eigenvalue weighted by Crippen LogP contribution is -2.12. The van der Waals surface area contributed by atoms with Crippen molar-refractivity contribution in [2.45, 2.75) is 33.7 Å². The Balaban J connectivity index is 2.56. The van der Waals surface area contributed by atoms with Gasteiger partial charge in [-0.15, -0.1) is 0 Å². The van der Waals surface area contributed by atoms with E-state index in [0.29, 0.717) is 16.9 Å². The van der Waals surface area contributed by atoms with Gasteiger partial charge in [-0.1, -0.05) is 20.8 Å². The van der Waals surface area contributed by atoms with Crippen LogP contribution < -0.4 is 5.32 Å². The van der Waals surface area contributed by atoms with Crippen molar-refractivity contribution in [2.24, 2.45) is 5.92 Å². The van der Waals surface area contributed by atoms with Gasteiger partial charge in [-0.2, -0.15) is 0 Å². The summed E-state index contributed by atoms with van der Waals surface area (Å²) in [5.74, 6) is 1.18. The molecule has 0 bridgehead atoms. The van der Waals surface area contributed by atoms with Crippen LogP contribution in [-0.4, -0.2) is 6.54 Å². The highest BCUT2D eigenvalue weighted by Gasteiger charge is 2.17. The Bertz CT molecular complexity index is 577. The summed E-state index contributed by atoms with van der Waals surface area (Å²) in [6.45, 7) is 7.93. The molecule has 0 aliphatic rings. The molecular weight excluding hydrogens is 309 g/mol. The van der Waals surface area contributed by atoms with Gasteiger partial charge >= 0.3 is 0 Å². The molecule has 0 atom stereocenters. The summed E-state index contributed by atoms with van der Waals surface area (Å²) in [5, 5.41) is 4.15. The van der Waals surface area contributed by atoms with Crippen molar-refractivity contribution in [3.05, 3.63) is 33.7 Å². The molecule has 0 radical (unpaired) electrons. The van der Waals surface area contributed by atoms with Crippen molar-refractivity contribution in [3.8, 4) is 0 Å². The lowest BCUT2D eigenvalue weighted by Gasteiger charge is -2.06. The Labute approximate surface area is 121 Å². The summed E-state index contributed by atoms with van der Waals surface area (Å²) in [4.78, 5) is 0.